The summed E-state index contributed by atoms with van der Waals surface area (Å²) in [5.74, 6) is -0.352. The van der Waals surface area contributed by atoms with Crippen LogP contribution in [-0.4, -0.2) is 48.4 Å². The van der Waals surface area contributed by atoms with Gasteiger partial charge in [-0.05, 0) is 18.1 Å². The van der Waals surface area contributed by atoms with Crippen molar-refractivity contribution in [2.24, 2.45) is 5.73 Å². The van der Waals surface area contributed by atoms with Crippen molar-refractivity contribution in [3.63, 3.8) is 0 Å². The maximum atomic E-state index is 12.7. The molecule has 2 unspecified atom stereocenters. The largest absolute Gasteiger partial charge is 0.386 e. The molecular weight excluding hydrogens is 269 g/mol. The first-order valence-electron chi connectivity index (χ1n) is 6.80. The van der Waals surface area contributed by atoms with Gasteiger partial charge in [0.25, 0.3) is 0 Å². The highest BCUT2D eigenvalue weighted by atomic mass is 35.5. The summed E-state index contributed by atoms with van der Waals surface area (Å²) < 4.78 is 0. The fourth-order valence-electron chi connectivity index (χ4n) is 3.00. The lowest BCUT2D eigenvalue weighted by molar-refractivity contribution is -0.137. The van der Waals surface area contributed by atoms with E-state index >= 15 is 0 Å². The summed E-state index contributed by atoms with van der Waals surface area (Å²) in [6, 6.07) is 7.09. The first-order chi connectivity index (χ1) is 9.04. The number of benzene rings is 1. The van der Waals surface area contributed by atoms with Crippen molar-refractivity contribution in [3.8, 4) is 0 Å². The molecule has 0 spiro atoms. The Hall–Kier alpha value is -0.640. The molecule has 0 heterocycles. The molecule has 0 aromatic heterocycles. The molecule has 1 aliphatic rings. The predicted molar refractivity (Wildman–Crippen MR) is 92.5 cm³/mol. The molecule has 2 rings (SSSR count). The lowest BCUT2D eigenvalue weighted by Gasteiger charge is -2.55. The molecule has 3 nitrogen and oxygen atoms in total. The summed E-state index contributed by atoms with van der Waals surface area (Å²) in [6.07, 6.45) is -0.653. The van der Waals surface area contributed by atoms with Crippen LogP contribution in [0.3, 0.4) is 0 Å². The van der Waals surface area contributed by atoms with Gasteiger partial charge in [0.2, 0.25) is 0 Å². The van der Waals surface area contributed by atoms with E-state index in [2.05, 4.69) is 0 Å². The third-order valence-electron chi connectivity index (χ3n) is 5.19. The lowest BCUT2D eigenvalue weighted by atomic mass is 9.24. The fraction of sp³-hybridized carbons (Fsp3) is 0.417. The number of ketones is 1. The van der Waals surface area contributed by atoms with E-state index < -0.39 is 16.9 Å². The van der Waals surface area contributed by atoms with Crippen LogP contribution in [0.1, 0.15) is 12.0 Å². The van der Waals surface area contributed by atoms with Gasteiger partial charge in [-0.3, -0.25) is 4.79 Å². The van der Waals surface area contributed by atoms with E-state index in [-0.39, 0.29) is 11.0 Å². The highest BCUT2D eigenvalue weighted by Gasteiger charge is 2.58. The molecule has 1 aliphatic carbocycles. The first-order valence-corrected chi connectivity index (χ1v) is 7.18. The van der Waals surface area contributed by atoms with Crippen molar-refractivity contribution in [2.75, 3.05) is 0 Å². The Balaban J connectivity index is 2.59. The number of carbonyl (C=O) groups excluding carboxylic acids is 1. The van der Waals surface area contributed by atoms with Crippen molar-refractivity contribution in [1.82, 2.24) is 0 Å². The fourth-order valence-corrected chi connectivity index (χ4v) is 3.31. The van der Waals surface area contributed by atoms with Crippen LogP contribution >= 0.6 is 11.6 Å². The van der Waals surface area contributed by atoms with Gasteiger partial charge in [0, 0.05) is 5.02 Å². The summed E-state index contributed by atoms with van der Waals surface area (Å²) in [5.41, 5.74) is 5.77. The Morgan fingerprint density at radius 1 is 1.25 bits per heavy atom. The number of hydrogen-bond acceptors (Lipinski definition) is 3. The van der Waals surface area contributed by atoms with Crippen molar-refractivity contribution in [3.05, 3.63) is 34.9 Å². The second kappa shape index (κ2) is 4.69. The van der Waals surface area contributed by atoms with E-state index in [0.29, 0.717) is 17.0 Å². The molecule has 0 amide bonds. The smallest absolute Gasteiger partial charge is 0.184 e. The maximum Gasteiger partial charge on any atom is 0.184 e. The summed E-state index contributed by atoms with van der Waals surface area (Å²) in [4.78, 5) is 12.7. The van der Waals surface area contributed by atoms with Crippen LogP contribution in [0, 0.1) is 0 Å². The number of aliphatic hydroxyl groups excluding tert-OH is 1. The molecule has 0 aliphatic heterocycles. The standard InChI is InChI=1S/C12H18B4ClNO2/c13-11(14)5-10(18,6-3-1-2-4-7(6)17)8(19)9(20)12(11,15)16/h1-4,9,20H,5,13-16,18H2. The van der Waals surface area contributed by atoms with Gasteiger partial charge < -0.3 is 10.8 Å². The van der Waals surface area contributed by atoms with Crippen LogP contribution in [0.25, 0.3) is 0 Å². The van der Waals surface area contributed by atoms with Gasteiger partial charge >= 0.3 is 0 Å². The monoisotopic (exact) mass is 287 g/mol. The zero-order valence-electron chi connectivity index (χ0n) is 12.4. The van der Waals surface area contributed by atoms with Gasteiger partial charge in [-0.1, -0.05) is 40.2 Å². The van der Waals surface area contributed by atoms with Gasteiger partial charge in [0.1, 0.15) is 27.3 Å². The number of hydrogen-bond donors (Lipinski definition) is 2. The van der Waals surface area contributed by atoms with E-state index in [1.807, 2.05) is 37.5 Å². The zero-order valence-corrected chi connectivity index (χ0v) is 13.2. The minimum atomic E-state index is -1.24. The van der Waals surface area contributed by atoms with E-state index in [1.54, 1.807) is 18.2 Å². The number of carbonyl (C=O) groups is 1. The Labute approximate surface area is 128 Å². The molecule has 0 saturated heterocycles. The molecule has 2 atom stereocenters. The molecule has 1 aromatic rings. The topological polar surface area (TPSA) is 63.3 Å². The Morgan fingerprint density at radius 3 is 2.35 bits per heavy atom. The highest BCUT2D eigenvalue weighted by molar-refractivity contribution is 6.56. The van der Waals surface area contributed by atoms with E-state index in [9.17, 15) is 9.90 Å². The van der Waals surface area contributed by atoms with E-state index in [4.69, 9.17) is 17.3 Å². The molecule has 0 bridgehead atoms. The average molecular weight is 287 g/mol. The summed E-state index contributed by atoms with van der Waals surface area (Å²) >= 11 is 6.21. The Kier molecular flexibility index (Phi) is 3.69. The van der Waals surface area contributed by atoms with Gasteiger partial charge in [-0.25, -0.2) is 0 Å². The van der Waals surface area contributed by atoms with Gasteiger partial charge in [0.15, 0.2) is 5.78 Å². The number of nitrogens with two attached hydrogens (primary N) is 1. The maximum absolute atomic E-state index is 12.7. The van der Waals surface area contributed by atoms with Crippen molar-refractivity contribution in [1.29, 1.82) is 0 Å². The van der Waals surface area contributed by atoms with Crippen LogP contribution in [0.15, 0.2) is 24.3 Å². The van der Waals surface area contributed by atoms with E-state index in [1.165, 1.54) is 0 Å². The second-order valence-corrected chi connectivity index (χ2v) is 7.41. The predicted octanol–water partition coefficient (Wildman–Crippen LogP) is -2.41. The number of Topliss-reactive ketones (excluding diaryl/α,β-unsaturated/α-hetero) is 1. The first kappa shape index (κ1) is 15.7. The van der Waals surface area contributed by atoms with Gasteiger partial charge in [-0.2, -0.15) is 0 Å². The number of aliphatic hydroxyl groups is 1. The lowest BCUT2D eigenvalue weighted by Crippen LogP contribution is -2.63. The van der Waals surface area contributed by atoms with Crippen molar-refractivity contribution in [2.45, 2.75) is 28.5 Å². The SMILES string of the molecule is BC1(B)CC(N)(c2ccccc2Cl)C(=O)C(O)C1(B)B. The minimum absolute atomic E-state index is 0.297. The van der Waals surface area contributed by atoms with Crippen LogP contribution in [0.4, 0.5) is 0 Å². The summed E-state index contributed by atoms with van der Waals surface area (Å²) in [7, 11) is 7.87. The molecule has 102 valence electrons. The van der Waals surface area contributed by atoms with E-state index in [0.717, 1.165) is 0 Å². The molecule has 8 heteroatoms. The number of rotatable bonds is 1. The molecule has 20 heavy (non-hydrogen) atoms. The van der Waals surface area contributed by atoms with Crippen LogP contribution in [-0.2, 0) is 10.3 Å². The summed E-state index contributed by atoms with van der Waals surface area (Å²) in [6.45, 7) is 0. The molecule has 1 aromatic carbocycles. The second-order valence-electron chi connectivity index (χ2n) is 7.00. The average Bonchev–Trinajstić information content (AvgIpc) is 2.35. The third-order valence-corrected chi connectivity index (χ3v) is 5.52. The van der Waals surface area contributed by atoms with Crippen LogP contribution in [0.5, 0.6) is 0 Å². The van der Waals surface area contributed by atoms with Crippen LogP contribution < -0.4 is 5.73 Å². The quantitative estimate of drug-likeness (QED) is 0.566. The Bertz CT molecular complexity index is 566. The third kappa shape index (κ3) is 2.07. The zero-order chi connectivity index (χ0) is 15.3. The van der Waals surface area contributed by atoms with Crippen molar-refractivity contribution < 1.29 is 9.90 Å². The summed E-state index contributed by atoms with van der Waals surface area (Å²) in [5, 5.41) is 10.1. The molecule has 1 saturated carbocycles. The van der Waals surface area contributed by atoms with Crippen molar-refractivity contribution >= 4 is 48.8 Å². The normalized spacial score (nSPS) is 31.9. The molecule has 0 radical (unpaired) electrons. The Morgan fingerprint density at radius 2 is 1.80 bits per heavy atom. The molecule has 1 fully saturated rings. The molecular formula is C12H18B4ClNO2. The molecule has 3 N–H and O–H groups in total. The van der Waals surface area contributed by atoms with Gasteiger partial charge in [0.05, 0.1) is 15.7 Å². The highest BCUT2D eigenvalue weighted by Crippen LogP contribution is 2.56. The number of halogens is 1. The van der Waals surface area contributed by atoms with Gasteiger partial charge in [-0.15, -0.1) is 0 Å². The van der Waals surface area contributed by atoms with Crippen LogP contribution in [0.2, 0.25) is 15.5 Å². The minimum Gasteiger partial charge on any atom is -0.386 e.